The quantitative estimate of drug-likeness (QED) is 0.397. The fourth-order valence-corrected chi connectivity index (χ4v) is 5.08. The number of Topliss-reactive ketones (excluding diaryl/α,β-unsaturated/α-hetero) is 1. The Labute approximate surface area is 175 Å². The molecule has 150 valence electrons. The smallest absolute Gasteiger partial charge is 0.192 e. The number of hydrogen-bond acceptors (Lipinski definition) is 4. The molecule has 0 aliphatic heterocycles. The van der Waals surface area contributed by atoms with E-state index in [0.717, 1.165) is 33.6 Å². The summed E-state index contributed by atoms with van der Waals surface area (Å²) in [5, 5.41) is 9.65. The average molecular weight is 407 g/mol. The lowest BCUT2D eigenvalue weighted by molar-refractivity contribution is 0.0993. The number of hydrogen-bond donors (Lipinski definition) is 0. The summed E-state index contributed by atoms with van der Waals surface area (Å²) < 4.78 is 4.47. The Morgan fingerprint density at radius 3 is 2.48 bits per heavy atom. The molecule has 1 aromatic carbocycles. The van der Waals surface area contributed by atoms with Crippen LogP contribution in [0, 0.1) is 13.8 Å². The predicted octanol–water partition coefficient (Wildman–Crippen LogP) is 5.26. The molecule has 0 radical (unpaired) electrons. The van der Waals surface area contributed by atoms with Gasteiger partial charge in [-0.05, 0) is 64.7 Å². The second-order valence-corrected chi connectivity index (χ2v) is 9.60. The fourth-order valence-electron chi connectivity index (χ4n) is 4.08. The van der Waals surface area contributed by atoms with Gasteiger partial charge < -0.3 is 9.13 Å². The maximum absolute atomic E-state index is 13.3. The predicted molar refractivity (Wildman–Crippen MR) is 115 cm³/mol. The van der Waals surface area contributed by atoms with Crippen molar-refractivity contribution >= 4 is 17.5 Å². The number of thioether (sulfide) groups is 1. The molecule has 2 fully saturated rings. The summed E-state index contributed by atoms with van der Waals surface area (Å²) in [6.45, 7) is 6.08. The third kappa shape index (κ3) is 3.44. The number of para-hydroxylation sites is 1. The number of nitrogens with zero attached hydrogens (tertiary/aromatic N) is 4. The summed E-state index contributed by atoms with van der Waals surface area (Å²) >= 11 is 1.56. The summed E-state index contributed by atoms with van der Waals surface area (Å²) in [6, 6.07) is 12.8. The van der Waals surface area contributed by atoms with E-state index < -0.39 is 0 Å². The summed E-state index contributed by atoms with van der Waals surface area (Å²) in [6.07, 6.45) is 4.84. The van der Waals surface area contributed by atoms with Crippen LogP contribution in [0.4, 0.5) is 0 Å². The molecule has 0 bridgehead atoms. The molecular weight excluding hydrogens is 380 g/mol. The van der Waals surface area contributed by atoms with E-state index in [4.69, 9.17) is 0 Å². The number of ketones is 1. The van der Waals surface area contributed by atoms with Crippen LogP contribution in [-0.2, 0) is 0 Å². The second kappa shape index (κ2) is 7.17. The monoisotopic (exact) mass is 406 g/mol. The Bertz CT molecular complexity index is 1060. The van der Waals surface area contributed by atoms with E-state index in [1.807, 2.05) is 38.1 Å². The SMILES string of the molecule is Cc1cc(C(=O)C(C)Sc2nnc(C3CC3)n2C2CC2)c(C)n1-c1ccccc1. The van der Waals surface area contributed by atoms with Crippen LogP contribution in [0.2, 0.25) is 0 Å². The molecule has 5 nitrogen and oxygen atoms in total. The molecule has 0 N–H and O–H groups in total. The molecule has 6 heteroatoms. The molecule has 0 saturated heterocycles. The summed E-state index contributed by atoms with van der Waals surface area (Å²) in [4.78, 5) is 13.3. The lowest BCUT2D eigenvalue weighted by atomic mass is 10.1. The van der Waals surface area contributed by atoms with E-state index in [0.29, 0.717) is 12.0 Å². The third-order valence-corrected chi connectivity index (χ3v) is 6.96. The number of rotatable bonds is 7. The zero-order valence-corrected chi connectivity index (χ0v) is 17.9. The number of carbonyl (C=O) groups excluding carboxylic acids is 1. The molecule has 1 unspecified atom stereocenters. The highest BCUT2D eigenvalue weighted by molar-refractivity contribution is 8.00. The summed E-state index contributed by atoms with van der Waals surface area (Å²) in [7, 11) is 0. The first-order chi connectivity index (χ1) is 14.0. The molecule has 29 heavy (non-hydrogen) atoms. The molecule has 2 aliphatic rings. The molecule has 3 aromatic rings. The van der Waals surface area contributed by atoms with Gasteiger partial charge in [-0.1, -0.05) is 30.0 Å². The van der Waals surface area contributed by atoms with Crippen LogP contribution in [0.1, 0.15) is 72.1 Å². The van der Waals surface area contributed by atoms with Gasteiger partial charge in [-0.3, -0.25) is 4.79 Å². The third-order valence-electron chi connectivity index (χ3n) is 5.91. The molecule has 2 saturated carbocycles. The number of carbonyl (C=O) groups is 1. The zero-order chi connectivity index (χ0) is 20.1. The Morgan fingerprint density at radius 2 is 1.83 bits per heavy atom. The van der Waals surface area contributed by atoms with Crippen LogP contribution < -0.4 is 0 Å². The molecule has 1 atom stereocenters. The van der Waals surface area contributed by atoms with E-state index in [9.17, 15) is 4.79 Å². The first-order valence-electron chi connectivity index (χ1n) is 10.4. The van der Waals surface area contributed by atoms with E-state index in [-0.39, 0.29) is 11.0 Å². The minimum absolute atomic E-state index is 0.156. The average Bonchev–Trinajstić information content (AvgIpc) is 3.65. The van der Waals surface area contributed by atoms with Gasteiger partial charge in [0.1, 0.15) is 5.82 Å². The van der Waals surface area contributed by atoms with Crippen molar-refractivity contribution in [2.75, 3.05) is 0 Å². The van der Waals surface area contributed by atoms with Gasteiger partial charge in [0.2, 0.25) is 0 Å². The van der Waals surface area contributed by atoms with Gasteiger partial charge in [0.05, 0.1) is 5.25 Å². The van der Waals surface area contributed by atoms with Crippen LogP contribution in [0.3, 0.4) is 0 Å². The van der Waals surface area contributed by atoms with Crippen LogP contribution in [0.5, 0.6) is 0 Å². The van der Waals surface area contributed by atoms with Gasteiger partial charge in [0.25, 0.3) is 0 Å². The minimum atomic E-state index is -0.200. The molecular formula is C23H26N4OS. The Balaban J connectivity index is 1.41. The number of aromatic nitrogens is 4. The van der Waals surface area contributed by atoms with Gasteiger partial charge in [-0.25, -0.2) is 0 Å². The van der Waals surface area contributed by atoms with Crippen molar-refractivity contribution in [1.82, 2.24) is 19.3 Å². The topological polar surface area (TPSA) is 52.7 Å². The number of benzene rings is 1. The maximum atomic E-state index is 13.3. The number of aryl methyl sites for hydroxylation is 1. The molecule has 0 spiro atoms. The molecule has 2 aliphatic carbocycles. The van der Waals surface area contributed by atoms with Crippen molar-refractivity contribution < 1.29 is 4.79 Å². The van der Waals surface area contributed by atoms with Crippen molar-refractivity contribution in [3.05, 3.63) is 59.2 Å². The fraction of sp³-hybridized carbons (Fsp3) is 0.435. The van der Waals surface area contributed by atoms with Gasteiger partial charge >= 0.3 is 0 Å². The zero-order valence-electron chi connectivity index (χ0n) is 17.1. The standard InChI is InChI=1S/C23H26N4OS/c1-14-13-20(15(2)26(14)18-7-5-4-6-8-18)21(28)16(3)29-23-25-24-22(17-9-10-17)27(23)19-11-12-19/h4-8,13,16-17,19H,9-12H2,1-3H3. The van der Waals surface area contributed by atoms with E-state index in [1.165, 1.54) is 25.7 Å². The normalized spacial score (nSPS) is 17.5. The van der Waals surface area contributed by atoms with Crippen molar-refractivity contribution in [2.45, 2.75) is 68.8 Å². The van der Waals surface area contributed by atoms with Gasteiger partial charge in [-0.15, -0.1) is 10.2 Å². The first-order valence-corrected chi connectivity index (χ1v) is 11.3. The highest BCUT2D eigenvalue weighted by Gasteiger charge is 2.37. The lowest BCUT2D eigenvalue weighted by Crippen LogP contribution is -2.16. The second-order valence-electron chi connectivity index (χ2n) is 8.30. The molecule has 5 rings (SSSR count). The van der Waals surface area contributed by atoms with Crippen molar-refractivity contribution in [1.29, 1.82) is 0 Å². The van der Waals surface area contributed by atoms with Crippen LogP contribution in [0.15, 0.2) is 41.6 Å². The summed E-state index contributed by atoms with van der Waals surface area (Å²) in [5.74, 6) is 1.87. The van der Waals surface area contributed by atoms with Crippen molar-refractivity contribution in [2.24, 2.45) is 0 Å². The maximum Gasteiger partial charge on any atom is 0.192 e. The van der Waals surface area contributed by atoms with Gasteiger partial charge in [0, 0.05) is 34.6 Å². The Kier molecular flexibility index (Phi) is 4.62. The van der Waals surface area contributed by atoms with Crippen molar-refractivity contribution in [3.8, 4) is 5.69 Å². The highest BCUT2D eigenvalue weighted by Crippen LogP contribution is 2.46. The van der Waals surface area contributed by atoms with E-state index >= 15 is 0 Å². The van der Waals surface area contributed by atoms with E-state index in [2.05, 4.69) is 38.4 Å². The van der Waals surface area contributed by atoms with Crippen LogP contribution in [-0.4, -0.2) is 30.4 Å². The molecule has 0 amide bonds. The van der Waals surface area contributed by atoms with Crippen molar-refractivity contribution in [3.63, 3.8) is 0 Å². The largest absolute Gasteiger partial charge is 0.318 e. The molecule has 2 aromatic heterocycles. The Morgan fingerprint density at radius 1 is 1.10 bits per heavy atom. The van der Waals surface area contributed by atoms with Crippen LogP contribution in [0.25, 0.3) is 5.69 Å². The van der Waals surface area contributed by atoms with Crippen LogP contribution >= 0.6 is 11.8 Å². The minimum Gasteiger partial charge on any atom is -0.318 e. The van der Waals surface area contributed by atoms with Gasteiger partial charge in [0.15, 0.2) is 10.9 Å². The highest BCUT2D eigenvalue weighted by atomic mass is 32.2. The first kappa shape index (κ1) is 18.7. The van der Waals surface area contributed by atoms with Gasteiger partial charge in [-0.2, -0.15) is 0 Å². The van der Waals surface area contributed by atoms with E-state index in [1.54, 1.807) is 11.8 Å². The lowest BCUT2D eigenvalue weighted by Gasteiger charge is -2.13. The molecule has 2 heterocycles. The summed E-state index contributed by atoms with van der Waals surface area (Å²) in [5.41, 5.74) is 3.95. The Hall–Kier alpha value is -2.34.